The van der Waals surface area contributed by atoms with Crippen molar-refractivity contribution >= 4 is 0 Å². The molecule has 3 aromatic rings. The lowest BCUT2D eigenvalue weighted by molar-refractivity contribution is 0.292. The summed E-state index contributed by atoms with van der Waals surface area (Å²) in [5.41, 5.74) is 1.44. The maximum Gasteiger partial charge on any atom is 0.331 e. The minimum atomic E-state index is -0.332. The van der Waals surface area contributed by atoms with E-state index < -0.39 is 0 Å². The lowest BCUT2D eigenvalue weighted by atomic mass is 10.1. The Kier molecular flexibility index (Phi) is 5.37. The van der Waals surface area contributed by atoms with Crippen molar-refractivity contribution in [2.45, 2.75) is 26.4 Å². The first kappa shape index (κ1) is 17.7. The molecule has 0 amide bonds. The van der Waals surface area contributed by atoms with Crippen molar-refractivity contribution in [2.75, 3.05) is 6.61 Å². The van der Waals surface area contributed by atoms with Gasteiger partial charge in [0.15, 0.2) is 0 Å². The van der Waals surface area contributed by atoms with Gasteiger partial charge in [-0.3, -0.25) is 13.9 Å². The minimum Gasteiger partial charge on any atom is -0.492 e. The van der Waals surface area contributed by atoms with Crippen LogP contribution >= 0.6 is 0 Å². The Morgan fingerprint density at radius 2 is 1.65 bits per heavy atom. The smallest absolute Gasteiger partial charge is 0.331 e. The zero-order valence-corrected chi connectivity index (χ0v) is 15.0. The molecule has 3 rings (SSSR count). The van der Waals surface area contributed by atoms with Gasteiger partial charge < -0.3 is 4.74 Å². The molecule has 0 fully saturated rings. The summed E-state index contributed by atoms with van der Waals surface area (Å²) in [6.07, 6.45) is 1.53. The number of hydrogen-bond donors (Lipinski definition) is 0. The van der Waals surface area contributed by atoms with E-state index in [9.17, 15) is 9.59 Å². The van der Waals surface area contributed by atoms with Gasteiger partial charge in [-0.1, -0.05) is 48.0 Å². The maximum absolute atomic E-state index is 12.8. The van der Waals surface area contributed by atoms with Crippen LogP contribution in [0.5, 0.6) is 5.75 Å². The molecule has 1 atom stereocenters. The van der Waals surface area contributed by atoms with Crippen molar-refractivity contribution in [2.24, 2.45) is 0 Å². The molecule has 0 saturated heterocycles. The molecule has 0 aliphatic rings. The van der Waals surface area contributed by atoms with Crippen LogP contribution in [-0.4, -0.2) is 15.7 Å². The number of aromatic nitrogens is 2. The van der Waals surface area contributed by atoms with Crippen LogP contribution in [0.1, 0.15) is 24.1 Å². The molecule has 2 aromatic carbocycles. The molecular weight excluding hydrogens is 328 g/mol. The Morgan fingerprint density at radius 3 is 2.35 bits per heavy atom. The van der Waals surface area contributed by atoms with Gasteiger partial charge in [-0.15, -0.1) is 0 Å². The van der Waals surface area contributed by atoms with Crippen LogP contribution in [0.15, 0.2) is 76.4 Å². The first-order valence-electron chi connectivity index (χ1n) is 8.62. The topological polar surface area (TPSA) is 53.2 Å². The highest BCUT2D eigenvalue weighted by Gasteiger charge is 2.14. The third-order valence-corrected chi connectivity index (χ3v) is 4.38. The SMILES string of the molecule is Cc1ccc(OCCn2ccc(=O)n([C@@H](C)c3ccccc3)c2=O)cc1. The number of rotatable bonds is 6. The van der Waals surface area contributed by atoms with E-state index in [-0.39, 0.29) is 17.3 Å². The fourth-order valence-corrected chi connectivity index (χ4v) is 2.83. The van der Waals surface area contributed by atoms with E-state index >= 15 is 0 Å². The summed E-state index contributed by atoms with van der Waals surface area (Å²) >= 11 is 0. The Labute approximate surface area is 152 Å². The summed E-state index contributed by atoms with van der Waals surface area (Å²) in [7, 11) is 0. The number of nitrogens with zero attached hydrogens (tertiary/aromatic N) is 2. The van der Waals surface area contributed by atoms with Crippen molar-refractivity contribution in [1.82, 2.24) is 9.13 Å². The number of hydrogen-bond acceptors (Lipinski definition) is 3. The Hall–Kier alpha value is -3.08. The van der Waals surface area contributed by atoms with Gasteiger partial charge in [-0.25, -0.2) is 4.79 Å². The van der Waals surface area contributed by atoms with Crippen LogP contribution in [-0.2, 0) is 6.54 Å². The normalized spacial score (nSPS) is 11.9. The molecule has 5 nitrogen and oxygen atoms in total. The lowest BCUT2D eigenvalue weighted by Gasteiger charge is -2.16. The minimum absolute atomic E-state index is 0.304. The third-order valence-electron chi connectivity index (χ3n) is 4.38. The zero-order valence-electron chi connectivity index (χ0n) is 15.0. The summed E-state index contributed by atoms with van der Waals surface area (Å²) in [6.45, 7) is 4.58. The van der Waals surface area contributed by atoms with Crippen LogP contribution < -0.4 is 16.0 Å². The van der Waals surface area contributed by atoms with Crippen molar-refractivity contribution in [3.05, 3.63) is 98.8 Å². The Morgan fingerprint density at radius 1 is 0.962 bits per heavy atom. The second-order valence-electron chi connectivity index (χ2n) is 6.25. The number of aryl methyl sites for hydroxylation is 1. The van der Waals surface area contributed by atoms with Crippen LogP contribution in [0.4, 0.5) is 0 Å². The van der Waals surface area contributed by atoms with Gasteiger partial charge in [0.25, 0.3) is 5.56 Å². The van der Waals surface area contributed by atoms with Gasteiger partial charge in [0.2, 0.25) is 0 Å². The fourth-order valence-electron chi connectivity index (χ4n) is 2.83. The summed E-state index contributed by atoms with van der Waals surface area (Å²) in [5, 5.41) is 0. The molecule has 0 N–H and O–H groups in total. The summed E-state index contributed by atoms with van der Waals surface area (Å²) in [6, 6.07) is 18.4. The molecule has 26 heavy (non-hydrogen) atoms. The standard InChI is InChI=1S/C21H22N2O3/c1-16-8-10-19(11-9-16)26-15-14-22-13-12-20(24)23(21(22)25)17(2)18-6-4-3-5-7-18/h3-13,17H,14-15H2,1-2H3/t17-/m0/s1. The molecular formula is C21H22N2O3. The molecule has 0 bridgehead atoms. The Balaban J connectivity index is 1.78. The first-order valence-corrected chi connectivity index (χ1v) is 8.62. The largest absolute Gasteiger partial charge is 0.492 e. The van der Waals surface area contributed by atoms with Gasteiger partial charge in [0.1, 0.15) is 12.4 Å². The van der Waals surface area contributed by atoms with E-state index in [4.69, 9.17) is 4.74 Å². The van der Waals surface area contributed by atoms with Gasteiger partial charge in [-0.05, 0) is 31.5 Å². The van der Waals surface area contributed by atoms with E-state index in [1.54, 1.807) is 0 Å². The second kappa shape index (κ2) is 7.87. The second-order valence-corrected chi connectivity index (χ2v) is 6.25. The predicted molar refractivity (Wildman–Crippen MR) is 102 cm³/mol. The van der Waals surface area contributed by atoms with Crippen LogP contribution in [0.2, 0.25) is 0 Å². The van der Waals surface area contributed by atoms with E-state index in [2.05, 4.69) is 0 Å². The molecule has 5 heteroatoms. The van der Waals surface area contributed by atoms with Crippen molar-refractivity contribution in [3.8, 4) is 5.75 Å². The van der Waals surface area contributed by atoms with Crippen molar-refractivity contribution in [3.63, 3.8) is 0 Å². The molecule has 1 aromatic heterocycles. The van der Waals surface area contributed by atoms with Gasteiger partial charge in [0.05, 0.1) is 12.6 Å². The molecule has 0 spiro atoms. The molecule has 0 aliphatic carbocycles. The van der Waals surface area contributed by atoms with Crippen LogP contribution in [0, 0.1) is 6.92 Å². The van der Waals surface area contributed by atoms with Crippen LogP contribution in [0.3, 0.4) is 0 Å². The summed E-state index contributed by atoms with van der Waals surface area (Å²) < 4.78 is 8.48. The van der Waals surface area contributed by atoms with Crippen molar-refractivity contribution in [1.29, 1.82) is 0 Å². The molecule has 0 aliphatic heterocycles. The highest BCUT2D eigenvalue weighted by Crippen LogP contribution is 2.13. The average molecular weight is 350 g/mol. The molecule has 1 heterocycles. The summed E-state index contributed by atoms with van der Waals surface area (Å²) in [4.78, 5) is 25.0. The highest BCUT2D eigenvalue weighted by molar-refractivity contribution is 5.26. The predicted octanol–water partition coefficient (Wildman–Crippen LogP) is 3.01. The molecule has 0 saturated carbocycles. The van der Waals surface area contributed by atoms with E-state index in [0.717, 1.165) is 16.9 Å². The lowest BCUT2D eigenvalue weighted by Crippen LogP contribution is -2.41. The molecule has 0 radical (unpaired) electrons. The summed E-state index contributed by atoms with van der Waals surface area (Å²) in [5.74, 6) is 0.759. The first-order chi connectivity index (χ1) is 12.6. The molecule has 134 valence electrons. The van der Waals surface area contributed by atoms with E-state index in [0.29, 0.717) is 13.2 Å². The highest BCUT2D eigenvalue weighted by atomic mass is 16.5. The zero-order chi connectivity index (χ0) is 18.5. The molecule has 0 unspecified atom stereocenters. The van der Waals surface area contributed by atoms with Crippen LogP contribution in [0.25, 0.3) is 0 Å². The van der Waals surface area contributed by atoms with Crippen molar-refractivity contribution < 1.29 is 4.74 Å². The van der Waals surface area contributed by atoms with E-state index in [1.165, 1.54) is 21.4 Å². The monoisotopic (exact) mass is 350 g/mol. The maximum atomic E-state index is 12.8. The Bertz CT molecular complexity index is 973. The van der Waals surface area contributed by atoms with Gasteiger partial charge in [-0.2, -0.15) is 0 Å². The number of ether oxygens (including phenoxy) is 1. The quantitative estimate of drug-likeness (QED) is 0.687. The van der Waals surface area contributed by atoms with Gasteiger partial charge >= 0.3 is 5.69 Å². The third kappa shape index (κ3) is 3.94. The fraction of sp³-hybridized carbons (Fsp3) is 0.238. The van der Waals surface area contributed by atoms with Gasteiger partial charge in [0, 0.05) is 12.3 Å². The average Bonchev–Trinajstić information content (AvgIpc) is 2.66. The number of benzene rings is 2. The van der Waals surface area contributed by atoms with E-state index in [1.807, 2.05) is 68.4 Å².